The van der Waals surface area contributed by atoms with Crippen LogP contribution in [0.15, 0.2) is 0 Å². The Balaban J connectivity index is 2.28. The van der Waals surface area contributed by atoms with E-state index >= 15 is 0 Å². The average molecular weight is 270 g/mol. The molecule has 0 spiro atoms. The maximum atomic E-state index is 11.0. The van der Waals surface area contributed by atoms with Crippen LogP contribution in [0, 0.1) is 5.41 Å². The first-order chi connectivity index (χ1) is 8.90. The molecule has 0 aliphatic carbocycles. The van der Waals surface area contributed by atoms with Gasteiger partial charge >= 0.3 is 5.97 Å². The van der Waals surface area contributed by atoms with Crippen molar-refractivity contribution in [1.29, 1.82) is 0 Å². The topological polar surface area (TPSA) is 43.8 Å². The van der Waals surface area contributed by atoms with Crippen LogP contribution in [0.25, 0.3) is 0 Å². The second-order valence-corrected chi connectivity index (χ2v) is 6.26. The lowest BCUT2D eigenvalue weighted by Crippen LogP contribution is -2.37. The molecule has 0 radical (unpaired) electrons. The lowest BCUT2D eigenvalue weighted by molar-refractivity contribution is -0.147. The Kier molecular flexibility index (Phi) is 6.27. The summed E-state index contributed by atoms with van der Waals surface area (Å²) in [5, 5.41) is 9.09. The van der Waals surface area contributed by atoms with Gasteiger partial charge in [-0.25, -0.2) is 0 Å². The highest BCUT2D eigenvalue weighted by Crippen LogP contribution is 2.23. The Morgan fingerprint density at radius 3 is 2.53 bits per heavy atom. The third-order valence-corrected chi connectivity index (χ3v) is 4.43. The Labute approximate surface area is 117 Å². The van der Waals surface area contributed by atoms with E-state index in [1.807, 2.05) is 13.8 Å². The van der Waals surface area contributed by atoms with Gasteiger partial charge in [-0.15, -0.1) is 0 Å². The summed E-state index contributed by atoms with van der Waals surface area (Å²) in [4.78, 5) is 16.1. The van der Waals surface area contributed by atoms with Crippen molar-refractivity contribution in [2.75, 3.05) is 32.7 Å². The summed E-state index contributed by atoms with van der Waals surface area (Å²) in [6.45, 7) is 13.7. The van der Waals surface area contributed by atoms with Crippen molar-refractivity contribution in [3.63, 3.8) is 0 Å². The number of aliphatic carboxylic acids is 1. The van der Waals surface area contributed by atoms with Gasteiger partial charge in [0.1, 0.15) is 0 Å². The number of carboxylic acid groups (broad SMARTS) is 1. The van der Waals surface area contributed by atoms with Gasteiger partial charge in [-0.2, -0.15) is 0 Å². The van der Waals surface area contributed by atoms with Gasteiger partial charge in [-0.1, -0.05) is 13.8 Å². The summed E-state index contributed by atoms with van der Waals surface area (Å²) in [6, 6.07) is 0.697. The minimum absolute atomic E-state index is 0.585. The van der Waals surface area contributed by atoms with Crippen LogP contribution in [-0.4, -0.2) is 59.6 Å². The first-order valence-electron chi connectivity index (χ1n) is 7.60. The van der Waals surface area contributed by atoms with E-state index < -0.39 is 11.4 Å². The Hall–Kier alpha value is -0.610. The van der Waals surface area contributed by atoms with E-state index in [-0.39, 0.29) is 0 Å². The molecule has 1 saturated heterocycles. The highest BCUT2D eigenvalue weighted by atomic mass is 16.4. The molecular formula is C15H30N2O2. The average Bonchev–Trinajstić information content (AvgIpc) is 2.79. The molecule has 1 heterocycles. The zero-order chi connectivity index (χ0) is 14.5. The van der Waals surface area contributed by atoms with Crippen molar-refractivity contribution in [2.45, 2.75) is 53.0 Å². The Morgan fingerprint density at radius 1 is 1.37 bits per heavy atom. The van der Waals surface area contributed by atoms with Crippen molar-refractivity contribution < 1.29 is 9.90 Å². The zero-order valence-electron chi connectivity index (χ0n) is 13.0. The predicted octanol–water partition coefficient (Wildman–Crippen LogP) is 2.29. The number of carbonyl (C=O) groups is 1. The molecule has 0 bridgehead atoms. The SMILES string of the molecule is CCN(CC)C1CCN(CCCC(C)(C)C(=O)O)C1. The number of likely N-dealkylation sites (tertiary alicyclic amines) is 1. The number of hydrogen-bond acceptors (Lipinski definition) is 3. The van der Waals surface area contributed by atoms with Gasteiger partial charge in [0.25, 0.3) is 0 Å². The predicted molar refractivity (Wildman–Crippen MR) is 78.4 cm³/mol. The summed E-state index contributed by atoms with van der Waals surface area (Å²) in [6.07, 6.45) is 2.99. The third kappa shape index (κ3) is 4.77. The molecule has 19 heavy (non-hydrogen) atoms. The van der Waals surface area contributed by atoms with Gasteiger partial charge in [0.15, 0.2) is 0 Å². The van der Waals surface area contributed by atoms with Gasteiger partial charge in [0.2, 0.25) is 0 Å². The van der Waals surface area contributed by atoms with Gasteiger partial charge < -0.3 is 10.0 Å². The van der Waals surface area contributed by atoms with Gasteiger partial charge in [-0.3, -0.25) is 9.69 Å². The van der Waals surface area contributed by atoms with Gasteiger partial charge in [-0.05, 0) is 59.3 Å². The standard InChI is InChI=1S/C15H30N2O2/c1-5-17(6-2)13-8-11-16(12-13)10-7-9-15(3,4)14(18)19/h13H,5-12H2,1-4H3,(H,18,19). The number of rotatable bonds is 8. The molecule has 0 amide bonds. The second-order valence-electron chi connectivity index (χ2n) is 6.26. The van der Waals surface area contributed by atoms with Crippen LogP contribution >= 0.6 is 0 Å². The maximum Gasteiger partial charge on any atom is 0.309 e. The molecule has 1 atom stereocenters. The summed E-state index contributed by atoms with van der Waals surface area (Å²) < 4.78 is 0. The van der Waals surface area contributed by atoms with Crippen molar-refractivity contribution in [1.82, 2.24) is 9.80 Å². The monoisotopic (exact) mass is 270 g/mol. The molecule has 1 fully saturated rings. The second kappa shape index (κ2) is 7.25. The molecule has 0 saturated carbocycles. The Bertz CT molecular complexity index is 288. The molecule has 0 aromatic heterocycles. The minimum Gasteiger partial charge on any atom is -0.481 e. The molecule has 0 aromatic rings. The lowest BCUT2D eigenvalue weighted by atomic mass is 9.88. The number of hydrogen-bond donors (Lipinski definition) is 1. The third-order valence-electron chi connectivity index (χ3n) is 4.43. The van der Waals surface area contributed by atoms with Crippen molar-refractivity contribution >= 4 is 5.97 Å². The van der Waals surface area contributed by atoms with Crippen LogP contribution in [0.2, 0.25) is 0 Å². The summed E-state index contributed by atoms with van der Waals surface area (Å²) in [7, 11) is 0. The van der Waals surface area contributed by atoms with E-state index in [0.717, 1.165) is 45.6 Å². The highest BCUT2D eigenvalue weighted by Gasteiger charge is 2.28. The summed E-state index contributed by atoms with van der Waals surface area (Å²) >= 11 is 0. The fourth-order valence-corrected chi connectivity index (χ4v) is 2.90. The number of nitrogens with zero attached hydrogens (tertiary/aromatic N) is 2. The molecule has 1 N–H and O–H groups in total. The first kappa shape index (κ1) is 16.4. The fraction of sp³-hybridized carbons (Fsp3) is 0.933. The normalized spacial score (nSPS) is 21.2. The van der Waals surface area contributed by atoms with Crippen LogP contribution in [0.1, 0.15) is 47.0 Å². The highest BCUT2D eigenvalue weighted by molar-refractivity contribution is 5.73. The van der Waals surface area contributed by atoms with Crippen LogP contribution in [0.3, 0.4) is 0 Å². The molecule has 1 unspecified atom stereocenters. The molecule has 112 valence electrons. The summed E-state index contributed by atoms with van der Waals surface area (Å²) in [5.41, 5.74) is -0.585. The molecular weight excluding hydrogens is 240 g/mol. The van der Waals surface area contributed by atoms with Crippen molar-refractivity contribution in [3.8, 4) is 0 Å². The van der Waals surface area contributed by atoms with E-state index in [4.69, 9.17) is 5.11 Å². The van der Waals surface area contributed by atoms with Gasteiger partial charge in [0, 0.05) is 12.6 Å². The van der Waals surface area contributed by atoms with Crippen molar-refractivity contribution in [2.24, 2.45) is 5.41 Å². The fourth-order valence-electron chi connectivity index (χ4n) is 2.90. The zero-order valence-corrected chi connectivity index (χ0v) is 13.0. The van der Waals surface area contributed by atoms with Crippen molar-refractivity contribution in [3.05, 3.63) is 0 Å². The lowest BCUT2D eigenvalue weighted by Gasteiger charge is -2.26. The number of carboxylic acids is 1. The molecule has 4 nitrogen and oxygen atoms in total. The molecule has 1 aliphatic heterocycles. The van der Waals surface area contributed by atoms with Crippen LogP contribution in [-0.2, 0) is 4.79 Å². The maximum absolute atomic E-state index is 11.0. The smallest absolute Gasteiger partial charge is 0.309 e. The molecule has 1 aliphatic rings. The summed E-state index contributed by atoms with van der Waals surface area (Å²) in [5.74, 6) is -0.685. The first-order valence-corrected chi connectivity index (χ1v) is 7.60. The molecule has 1 rings (SSSR count). The van der Waals surface area contributed by atoms with E-state index in [1.165, 1.54) is 6.42 Å². The molecule has 4 heteroatoms. The van der Waals surface area contributed by atoms with E-state index in [9.17, 15) is 4.79 Å². The number of likely N-dealkylation sites (N-methyl/N-ethyl adjacent to an activating group) is 1. The van der Waals surface area contributed by atoms with E-state index in [1.54, 1.807) is 0 Å². The largest absolute Gasteiger partial charge is 0.481 e. The van der Waals surface area contributed by atoms with Crippen LogP contribution < -0.4 is 0 Å². The van der Waals surface area contributed by atoms with Crippen LogP contribution in [0.5, 0.6) is 0 Å². The Morgan fingerprint density at radius 2 is 2.00 bits per heavy atom. The quantitative estimate of drug-likeness (QED) is 0.735. The van der Waals surface area contributed by atoms with E-state index in [2.05, 4.69) is 23.6 Å². The van der Waals surface area contributed by atoms with Crippen LogP contribution in [0.4, 0.5) is 0 Å². The molecule has 0 aromatic carbocycles. The van der Waals surface area contributed by atoms with E-state index in [0.29, 0.717) is 6.04 Å². The minimum atomic E-state index is -0.685. The van der Waals surface area contributed by atoms with Gasteiger partial charge in [0.05, 0.1) is 5.41 Å².